The Bertz CT molecular complexity index is 1020. The maximum Gasteiger partial charge on any atom is 0.317 e. The predicted octanol–water partition coefficient (Wildman–Crippen LogP) is 4.33. The van der Waals surface area contributed by atoms with Crippen molar-refractivity contribution in [2.75, 3.05) is 32.1 Å². The number of aliphatic hydroxyl groups excluding tert-OH is 1. The SMILES string of the molecule is C[C@H](CO)N1C[C@H](C)[C@H](CN(C)C(=O)NC2CCCCC2)Oc2ccc(NC(=O)C3CCCCC3)cc2CC1=O. The number of anilines is 1. The fourth-order valence-corrected chi connectivity index (χ4v) is 6.22. The molecule has 0 saturated heterocycles. The second-order valence-corrected chi connectivity index (χ2v) is 12.2. The van der Waals surface area contributed by atoms with E-state index in [1.54, 1.807) is 16.8 Å². The second kappa shape index (κ2) is 14.2. The maximum absolute atomic E-state index is 13.5. The second-order valence-electron chi connectivity index (χ2n) is 12.2. The average Bonchev–Trinajstić information content (AvgIpc) is 3.01. The zero-order valence-electron chi connectivity index (χ0n) is 24.5. The van der Waals surface area contributed by atoms with Gasteiger partial charge in [-0.05, 0) is 50.8 Å². The van der Waals surface area contributed by atoms with Gasteiger partial charge in [-0.1, -0.05) is 45.4 Å². The molecule has 4 amide bonds. The van der Waals surface area contributed by atoms with Gasteiger partial charge in [0.05, 0.1) is 25.6 Å². The molecule has 1 heterocycles. The Morgan fingerprint density at radius 1 is 1.10 bits per heavy atom. The molecule has 1 aliphatic heterocycles. The van der Waals surface area contributed by atoms with Crippen LogP contribution < -0.4 is 15.4 Å². The lowest BCUT2D eigenvalue weighted by Crippen LogP contribution is -2.50. The van der Waals surface area contributed by atoms with Crippen molar-refractivity contribution in [1.82, 2.24) is 15.1 Å². The lowest BCUT2D eigenvalue weighted by atomic mass is 9.88. The fourth-order valence-electron chi connectivity index (χ4n) is 6.22. The molecule has 0 radical (unpaired) electrons. The minimum Gasteiger partial charge on any atom is -0.488 e. The third-order valence-electron chi connectivity index (χ3n) is 8.89. The Morgan fingerprint density at radius 2 is 1.77 bits per heavy atom. The number of hydrogen-bond acceptors (Lipinski definition) is 5. The van der Waals surface area contributed by atoms with Crippen molar-refractivity contribution in [2.45, 2.75) is 103 Å². The first kappa shape index (κ1) is 30.2. The van der Waals surface area contributed by atoms with Crippen molar-refractivity contribution in [2.24, 2.45) is 11.8 Å². The zero-order valence-corrected chi connectivity index (χ0v) is 24.5. The molecule has 0 unspecified atom stereocenters. The first-order chi connectivity index (χ1) is 19.2. The number of benzene rings is 1. The Morgan fingerprint density at radius 3 is 2.45 bits per heavy atom. The summed E-state index contributed by atoms with van der Waals surface area (Å²) in [6, 6.07) is 5.24. The summed E-state index contributed by atoms with van der Waals surface area (Å²) < 4.78 is 6.55. The molecule has 0 spiro atoms. The van der Waals surface area contributed by atoms with Crippen LogP contribution in [0.4, 0.5) is 10.5 Å². The van der Waals surface area contributed by atoms with Crippen molar-refractivity contribution < 1.29 is 24.2 Å². The number of carbonyl (C=O) groups is 3. The summed E-state index contributed by atoms with van der Waals surface area (Å²) >= 11 is 0. The highest BCUT2D eigenvalue weighted by atomic mass is 16.5. The van der Waals surface area contributed by atoms with E-state index in [2.05, 4.69) is 10.6 Å². The molecule has 2 fully saturated rings. The highest BCUT2D eigenvalue weighted by Gasteiger charge is 2.32. The molecular weight excluding hydrogens is 508 g/mol. The van der Waals surface area contributed by atoms with Crippen LogP contribution in [0.2, 0.25) is 0 Å². The number of hydrogen-bond donors (Lipinski definition) is 3. The molecule has 3 aliphatic rings. The van der Waals surface area contributed by atoms with Crippen LogP contribution in [0.15, 0.2) is 18.2 Å². The predicted molar refractivity (Wildman–Crippen MR) is 155 cm³/mol. The van der Waals surface area contributed by atoms with Gasteiger partial charge in [-0.3, -0.25) is 9.59 Å². The van der Waals surface area contributed by atoms with Crippen LogP contribution in [-0.2, 0) is 16.0 Å². The average molecular weight is 557 g/mol. The number of nitrogens with zero attached hydrogens (tertiary/aromatic N) is 2. The summed E-state index contributed by atoms with van der Waals surface area (Å²) in [4.78, 5) is 42.8. The minimum atomic E-state index is -0.372. The number of rotatable bonds is 7. The Hall–Kier alpha value is -2.81. The van der Waals surface area contributed by atoms with E-state index in [-0.39, 0.29) is 60.9 Å². The molecule has 222 valence electrons. The number of nitrogens with one attached hydrogen (secondary N) is 2. The lowest BCUT2D eigenvalue weighted by molar-refractivity contribution is -0.134. The fraction of sp³-hybridized carbons (Fsp3) is 0.710. The normalized spacial score (nSPS) is 23.6. The van der Waals surface area contributed by atoms with Crippen LogP contribution in [0.5, 0.6) is 5.75 Å². The van der Waals surface area contributed by atoms with Crippen LogP contribution in [0.1, 0.15) is 83.6 Å². The molecule has 4 rings (SSSR count). The first-order valence-electron chi connectivity index (χ1n) is 15.3. The third-order valence-corrected chi connectivity index (χ3v) is 8.89. The van der Waals surface area contributed by atoms with Crippen LogP contribution in [0, 0.1) is 11.8 Å². The molecule has 40 heavy (non-hydrogen) atoms. The van der Waals surface area contributed by atoms with Gasteiger partial charge >= 0.3 is 6.03 Å². The van der Waals surface area contributed by atoms with Gasteiger partial charge < -0.3 is 30.3 Å². The van der Waals surface area contributed by atoms with Crippen LogP contribution in [0.3, 0.4) is 0 Å². The molecule has 3 N–H and O–H groups in total. The molecule has 2 saturated carbocycles. The summed E-state index contributed by atoms with van der Waals surface area (Å²) in [7, 11) is 1.78. The van der Waals surface area contributed by atoms with Gasteiger partial charge in [0.25, 0.3) is 0 Å². The number of carbonyl (C=O) groups excluding carboxylic acids is 3. The van der Waals surface area contributed by atoms with Gasteiger partial charge in [0.1, 0.15) is 11.9 Å². The smallest absolute Gasteiger partial charge is 0.317 e. The minimum absolute atomic E-state index is 0.0262. The van der Waals surface area contributed by atoms with E-state index in [0.29, 0.717) is 30.1 Å². The van der Waals surface area contributed by atoms with Crippen LogP contribution >= 0.6 is 0 Å². The van der Waals surface area contributed by atoms with Gasteiger partial charge in [-0.2, -0.15) is 0 Å². The van der Waals surface area contributed by atoms with Gasteiger partial charge in [0.2, 0.25) is 11.8 Å². The van der Waals surface area contributed by atoms with E-state index in [9.17, 15) is 19.5 Å². The largest absolute Gasteiger partial charge is 0.488 e. The van der Waals surface area contributed by atoms with E-state index in [0.717, 1.165) is 51.4 Å². The van der Waals surface area contributed by atoms with Gasteiger partial charge in [-0.15, -0.1) is 0 Å². The molecule has 1 aromatic carbocycles. The summed E-state index contributed by atoms with van der Waals surface area (Å²) in [5.41, 5.74) is 1.34. The summed E-state index contributed by atoms with van der Waals surface area (Å²) in [6.45, 7) is 4.48. The maximum atomic E-state index is 13.5. The van der Waals surface area contributed by atoms with Crippen molar-refractivity contribution in [3.8, 4) is 5.75 Å². The summed E-state index contributed by atoms with van der Waals surface area (Å²) in [5, 5.41) is 16.1. The molecule has 0 bridgehead atoms. The third kappa shape index (κ3) is 7.89. The molecular formula is C31H48N4O5. The van der Waals surface area contributed by atoms with E-state index in [1.807, 2.05) is 32.0 Å². The molecule has 0 aromatic heterocycles. The van der Waals surface area contributed by atoms with E-state index >= 15 is 0 Å². The molecule has 9 nitrogen and oxygen atoms in total. The Balaban J connectivity index is 1.53. The summed E-state index contributed by atoms with van der Waals surface area (Å²) in [5.74, 6) is 0.443. The van der Waals surface area contributed by atoms with Gasteiger partial charge in [0, 0.05) is 42.7 Å². The number of likely N-dealkylation sites (N-methyl/N-ethyl adjacent to an activating group) is 1. The van der Waals surface area contributed by atoms with Crippen molar-refractivity contribution in [1.29, 1.82) is 0 Å². The number of aliphatic hydroxyl groups is 1. The number of amides is 4. The molecule has 3 atom stereocenters. The van der Waals surface area contributed by atoms with Crippen molar-refractivity contribution in [3.63, 3.8) is 0 Å². The van der Waals surface area contributed by atoms with Crippen LogP contribution in [-0.4, -0.2) is 77.7 Å². The quantitative estimate of drug-likeness (QED) is 0.463. The van der Waals surface area contributed by atoms with Crippen molar-refractivity contribution in [3.05, 3.63) is 23.8 Å². The number of ether oxygens (including phenoxy) is 1. The first-order valence-corrected chi connectivity index (χ1v) is 15.3. The Labute approximate surface area is 239 Å². The summed E-state index contributed by atoms with van der Waals surface area (Å²) in [6.07, 6.45) is 10.4. The van der Waals surface area contributed by atoms with E-state index in [4.69, 9.17) is 4.74 Å². The number of urea groups is 1. The van der Waals surface area contributed by atoms with Crippen LogP contribution in [0.25, 0.3) is 0 Å². The van der Waals surface area contributed by atoms with Gasteiger partial charge in [0.15, 0.2) is 0 Å². The highest BCUT2D eigenvalue weighted by Crippen LogP contribution is 2.31. The van der Waals surface area contributed by atoms with Gasteiger partial charge in [-0.25, -0.2) is 4.79 Å². The number of fused-ring (bicyclic) bond motifs is 1. The lowest BCUT2D eigenvalue weighted by Gasteiger charge is -2.34. The molecule has 2 aliphatic carbocycles. The van der Waals surface area contributed by atoms with E-state index in [1.165, 1.54) is 12.8 Å². The molecule has 9 heteroatoms. The standard InChI is InChI=1S/C31H48N4O5/c1-21-18-35(22(2)20-36)29(37)17-24-16-26(32-30(38)23-10-6-4-7-11-23)14-15-27(24)40-28(21)19-34(3)31(39)33-25-12-8-5-9-13-25/h14-16,21-23,25,28,36H,4-13,17-20H2,1-3H3,(H,32,38)(H,33,39)/t21-,22+,28-/m0/s1. The Kier molecular flexibility index (Phi) is 10.7. The van der Waals surface area contributed by atoms with E-state index < -0.39 is 0 Å². The highest BCUT2D eigenvalue weighted by molar-refractivity contribution is 5.93. The topological polar surface area (TPSA) is 111 Å². The zero-order chi connectivity index (χ0) is 28.6. The monoisotopic (exact) mass is 556 g/mol. The van der Waals surface area contributed by atoms with Crippen molar-refractivity contribution >= 4 is 23.5 Å². The molecule has 1 aromatic rings.